The van der Waals surface area contributed by atoms with Crippen LogP contribution in [-0.2, 0) is 0 Å². The molecule has 0 aromatic heterocycles. The molecule has 0 aliphatic heterocycles. The summed E-state index contributed by atoms with van der Waals surface area (Å²) in [7, 11) is 2.28. The van der Waals surface area contributed by atoms with Crippen LogP contribution in [0.3, 0.4) is 0 Å². The summed E-state index contributed by atoms with van der Waals surface area (Å²) in [5.41, 5.74) is 6.27. The molecule has 0 heterocycles. The minimum absolute atomic E-state index is 0.423. The van der Waals surface area contributed by atoms with Gasteiger partial charge in [-0.3, -0.25) is 0 Å². The lowest BCUT2D eigenvalue weighted by atomic mass is 10.0. The van der Waals surface area contributed by atoms with E-state index in [2.05, 4.69) is 18.9 Å². The van der Waals surface area contributed by atoms with Gasteiger partial charge in [-0.25, -0.2) is 0 Å². The van der Waals surface area contributed by atoms with Gasteiger partial charge in [0.25, 0.3) is 0 Å². The fourth-order valence-electron chi connectivity index (χ4n) is 3.02. The molecule has 15 heavy (non-hydrogen) atoms. The number of rotatable bonds is 3. The standard InChI is InChI=1S/C13H26N2/c1-10-8-11(10)9-15(2)13-7-5-3-4-6-12(13)14/h10-13H,3-9,14H2,1-2H3. The monoisotopic (exact) mass is 210 g/mol. The average molecular weight is 210 g/mol. The second-order valence-corrected chi connectivity index (χ2v) is 5.78. The van der Waals surface area contributed by atoms with Crippen LogP contribution in [0, 0.1) is 11.8 Å². The van der Waals surface area contributed by atoms with Gasteiger partial charge in [0.2, 0.25) is 0 Å². The molecule has 2 aliphatic carbocycles. The van der Waals surface area contributed by atoms with E-state index in [0.717, 1.165) is 11.8 Å². The predicted octanol–water partition coefficient (Wildman–Crippen LogP) is 2.23. The van der Waals surface area contributed by atoms with E-state index in [4.69, 9.17) is 5.73 Å². The molecule has 2 fully saturated rings. The normalized spacial score (nSPS) is 41.6. The topological polar surface area (TPSA) is 29.3 Å². The van der Waals surface area contributed by atoms with Crippen LogP contribution in [0.4, 0.5) is 0 Å². The Morgan fingerprint density at radius 3 is 2.53 bits per heavy atom. The average Bonchev–Trinajstić information content (AvgIpc) is 2.90. The lowest BCUT2D eigenvalue weighted by Crippen LogP contribution is -2.46. The molecular weight excluding hydrogens is 184 g/mol. The molecule has 0 amide bonds. The van der Waals surface area contributed by atoms with E-state index in [1.165, 1.54) is 45.1 Å². The highest BCUT2D eigenvalue weighted by Gasteiger charge is 2.35. The quantitative estimate of drug-likeness (QED) is 0.724. The number of nitrogens with zero attached hydrogens (tertiary/aromatic N) is 1. The number of nitrogens with two attached hydrogens (primary N) is 1. The summed E-state index contributed by atoms with van der Waals surface area (Å²) in [4.78, 5) is 2.55. The maximum absolute atomic E-state index is 6.27. The first-order valence-corrected chi connectivity index (χ1v) is 6.64. The van der Waals surface area contributed by atoms with Crippen molar-refractivity contribution < 1.29 is 0 Å². The molecule has 0 bridgehead atoms. The molecule has 2 heteroatoms. The molecule has 0 radical (unpaired) electrons. The number of likely N-dealkylation sites (N-methyl/N-ethyl adjacent to an activating group) is 1. The zero-order valence-electron chi connectivity index (χ0n) is 10.3. The van der Waals surface area contributed by atoms with Gasteiger partial charge >= 0.3 is 0 Å². The Hall–Kier alpha value is -0.0800. The summed E-state index contributed by atoms with van der Waals surface area (Å²) < 4.78 is 0. The van der Waals surface area contributed by atoms with Gasteiger partial charge in [0.1, 0.15) is 0 Å². The predicted molar refractivity (Wildman–Crippen MR) is 64.7 cm³/mol. The van der Waals surface area contributed by atoms with E-state index in [1.54, 1.807) is 0 Å². The zero-order chi connectivity index (χ0) is 10.8. The van der Waals surface area contributed by atoms with E-state index in [1.807, 2.05) is 0 Å². The third-order valence-electron chi connectivity index (χ3n) is 4.40. The van der Waals surface area contributed by atoms with Crippen molar-refractivity contribution in [2.45, 2.75) is 57.5 Å². The van der Waals surface area contributed by atoms with Crippen LogP contribution in [0.5, 0.6) is 0 Å². The fraction of sp³-hybridized carbons (Fsp3) is 1.00. The van der Waals surface area contributed by atoms with Gasteiger partial charge in [-0.15, -0.1) is 0 Å². The molecular formula is C13H26N2. The van der Waals surface area contributed by atoms with E-state index in [9.17, 15) is 0 Å². The van der Waals surface area contributed by atoms with E-state index in [0.29, 0.717) is 12.1 Å². The van der Waals surface area contributed by atoms with Crippen LogP contribution < -0.4 is 5.73 Å². The summed E-state index contributed by atoms with van der Waals surface area (Å²) in [6.45, 7) is 3.64. The molecule has 4 unspecified atom stereocenters. The SMILES string of the molecule is CC1CC1CN(C)C1CCCCCC1N. The van der Waals surface area contributed by atoms with Crippen molar-refractivity contribution in [2.75, 3.05) is 13.6 Å². The molecule has 2 saturated carbocycles. The van der Waals surface area contributed by atoms with Crippen molar-refractivity contribution >= 4 is 0 Å². The lowest BCUT2D eigenvalue weighted by molar-refractivity contribution is 0.191. The van der Waals surface area contributed by atoms with Gasteiger partial charge in [0, 0.05) is 18.6 Å². The highest BCUT2D eigenvalue weighted by atomic mass is 15.2. The molecule has 2 rings (SSSR count). The molecule has 0 aromatic carbocycles. The van der Waals surface area contributed by atoms with Gasteiger partial charge in [0.05, 0.1) is 0 Å². The minimum Gasteiger partial charge on any atom is -0.326 e. The maximum Gasteiger partial charge on any atom is 0.0244 e. The van der Waals surface area contributed by atoms with Gasteiger partial charge in [-0.05, 0) is 38.1 Å². The Bertz CT molecular complexity index is 205. The third kappa shape index (κ3) is 2.94. The zero-order valence-corrected chi connectivity index (χ0v) is 10.3. The summed E-state index contributed by atoms with van der Waals surface area (Å²) in [6, 6.07) is 1.08. The highest BCUT2D eigenvalue weighted by Crippen LogP contribution is 2.38. The molecule has 0 spiro atoms. The van der Waals surface area contributed by atoms with E-state index >= 15 is 0 Å². The van der Waals surface area contributed by atoms with Crippen LogP contribution in [0.1, 0.15) is 45.4 Å². The molecule has 2 nitrogen and oxygen atoms in total. The maximum atomic E-state index is 6.27. The fourth-order valence-corrected chi connectivity index (χ4v) is 3.02. The van der Waals surface area contributed by atoms with Crippen LogP contribution in [-0.4, -0.2) is 30.6 Å². The van der Waals surface area contributed by atoms with Gasteiger partial charge < -0.3 is 10.6 Å². The van der Waals surface area contributed by atoms with Crippen molar-refractivity contribution in [2.24, 2.45) is 17.6 Å². The van der Waals surface area contributed by atoms with Crippen molar-refractivity contribution in [3.8, 4) is 0 Å². The molecule has 88 valence electrons. The number of hydrogen-bond donors (Lipinski definition) is 1. The number of hydrogen-bond acceptors (Lipinski definition) is 2. The molecule has 2 N–H and O–H groups in total. The second-order valence-electron chi connectivity index (χ2n) is 5.78. The van der Waals surface area contributed by atoms with Crippen molar-refractivity contribution in [1.82, 2.24) is 4.90 Å². The molecule has 0 saturated heterocycles. The van der Waals surface area contributed by atoms with Crippen molar-refractivity contribution in [3.63, 3.8) is 0 Å². The Morgan fingerprint density at radius 1 is 1.20 bits per heavy atom. The Morgan fingerprint density at radius 2 is 1.87 bits per heavy atom. The summed E-state index contributed by atoms with van der Waals surface area (Å²) >= 11 is 0. The summed E-state index contributed by atoms with van der Waals surface area (Å²) in [6.07, 6.45) is 8.09. The molecule has 4 atom stereocenters. The van der Waals surface area contributed by atoms with Crippen LogP contribution in [0.25, 0.3) is 0 Å². The molecule has 0 aromatic rings. The Labute approximate surface area is 94.2 Å². The highest BCUT2D eigenvalue weighted by molar-refractivity contribution is 4.89. The smallest absolute Gasteiger partial charge is 0.0244 e. The van der Waals surface area contributed by atoms with Crippen LogP contribution >= 0.6 is 0 Å². The summed E-state index contributed by atoms with van der Waals surface area (Å²) in [5.74, 6) is 1.93. The first kappa shape index (κ1) is 11.4. The van der Waals surface area contributed by atoms with Gasteiger partial charge in [-0.1, -0.05) is 26.2 Å². The first-order chi connectivity index (χ1) is 7.18. The Kier molecular flexibility index (Phi) is 3.68. The van der Waals surface area contributed by atoms with Gasteiger partial charge in [-0.2, -0.15) is 0 Å². The van der Waals surface area contributed by atoms with Crippen molar-refractivity contribution in [1.29, 1.82) is 0 Å². The largest absolute Gasteiger partial charge is 0.326 e. The van der Waals surface area contributed by atoms with Gasteiger partial charge in [0.15, 0.2) is 0 Å². The minimum atomic E-state index is 0.423. The summed E-state index contributed by atoms with van der Waals surface area (Å²) in [5, 5.41) is 0. The third-order valence-corrected chi connectivity index (χ3v) is 4.40. The van der Waals surface area contributed by atoms with E-state index < -0.39 is 0 Å². The first-order valence-electron chi connectivity index (χ1n) is 6.64. The van der Waals surface area contributed by atoms with Crippen LogP contribution in [0.15, 0.2) is 0 Å². The van der Waals surface area contributed by atoms with Crippen molar-refractivity contribution in [3.05, 3.63) is 0 Å². The lowest BCUT2D eigenvalue weighted by Gasteiger charge is -2.31. The Balaban J connectivity index is 1.83. The molecule has 2 aliphatic rings. The van der Waals surface area contributed by atoms with E-state index in [-0.39, 0.29) is 0 Å². The second kappa shape index (κ2) is 4.84. The van der Waals surface area contributed by atoms with Crippen LogP contribution in [0.2, 0.25) is 0 Å².